The fraction of sp³-hybridized carbons (Fsp3) is 0.391. The fourth-order valence-electron chi connectivity index (χ4n) is 2.63. The number of benzene rings is 2. The zero-order valence-electron chi connectivity index (χ0n) is 17.7. The molecule has 2 rings (SSSR count). The minimum atomic E-state index is -0.178. The van der Waals surface area contributed by atoms with Crippen molar-refractivity contribution < 1.29 is 19.1 Å². The van der Waals surface area contributed by atoms with Crippen LogP contribution in [0.3, 0.4) is 0 Å². The van der Waals surface area contributed by atoms with Gasteiger partial charge in [0.05, 0.1) is 13.2 Å². The summed E-state index contributed by atoms with van der Waals surface area (Å²) in [7, 11) is 0. The third-order valence-corrected chi connectivity index (χ3v) is 4.23. The minimum absolute atomic E-state index is 0.0869. The third kappa shape index (κ3) is 8.53. The molecule has 3 N–H and O–H groups in total. The van der Waals surface area contributed by atoms with Gasteiger partial charge in [-0.05, 0) is 49.7 Å². The van der Waals surface area contributed by atoms with Gasteiger partial charge < -0.3 is 25.4 Å². The first-order chi connectivity index (χ1) is 14.6. The van der Waals surface area contributed by atoms with Gasteiger partial charge in [0.15, 0.2) is 0 Å². The molecular weight excluding hydrogens is 382 g/mol. The van der Waals surface area contributed by atoms with Crippen molar-refractivity contribution in [1.82, 2.24) is 5.32 Å². The van der Waals surface area contributed by atoms with Crippen LogP contribution in [0.25, 0.3) is 0 Å². The summed E-state index contributed by atoms with van der Waals surface area (Å²) in [4.78, 5) is 24.2. The molecule has 0 aromatic heterocycles. The molecule has 2 aromatic rings. The second-order valence-corrected chi connectivity index (χ2v) is 6.66. The molecule has 0 aliphatic carbocycles. The second kappa shape index (κ2) is 13.2. The van der Waals surface area contributed by atoms with Crippen molar-refractivity contribution in [3.63, 3.8) is 0 Å². The minimum Gasteiger partial charge on any atom is -0.491 e. The van der Waals surface area contributed by atoms with Crippen LogP contribution >= 0.6 is 0 Å². The average molecular weight is 414 g/mol. The smallest absolute Gasteiger partial charge is 0.251 e. The summed E-state index contributed by atoms with van der Waals surface area (Å²) in [6.45, 7) is 6.43. The van der Waals surface area contributed by atoms with E-state index in [0.717, 1.165) is 18.5 Å². The highest BCUT2D eigenvalue weighted by Gasteiger charge is 2.06. The maximum atomic E-state index is 12.2. The van der Waals surface area contributed by atoms with Crippen LogP contribution in [0.1, 0.15) is 37.0 Å². The monoisotopic (exact) mass is 413 g/mol. The van der Waals surface area contributed by atoms with Gasteiger partial charge >= 0.3 is 0 Å². The normalized spacial score (nSPS) is 10.3. The number of amides is 2. The van der Waals surface area contributed by atoms with E-state index < -0.39 is 0 Å². The number of hydrogen-bond donors (Lipinski definition) is 3. The van der Waals surface area contributed by atoms with E-state index in [0.29, 0.717) is 43.4 Å². The molecule has 2 aromatic carbocycles. The highest BCUT2D eigenvalue weighted by atomic mass is 16.5. The van der Waals surface area contributed by atoms with E-state index in [1.165, 1.54) is 0 Å². The number of anilines is 2. The highest BCUT2D eigenvalue weighted by molar-refractivity contribution is 5.95. The maximum Gasteiger partial charge on any atom is 0.251 e. The van der Waals surface area contributed by atoms with Crippen molar-refractivity contribution in [2.75, 3.05) is 43.5 Å². The lowest BCUT2D eigenvalue weighted by Crippen LogP contribution is -2.24. The Morgan fingerprint density at radius 3 is 2.50 bits per heavy atom. The molecular formula is C23H31N3O4. The number of unbranched alkanes of at least 4 members (excludes halogenated alkanes) is 1. The van der Waals surface area contributed by atoms with Crippen LogP contribution in [0.2, 0.25) is 0 Å². The Kier molecular flexibility index (Phi) is 10.2. The first kappa shape index (κ1) is 23.2. The van der Waals surface area contributed by atoms with E-state index in [9.17, 15) is 9.59 Å². The summed E-state index contributed by atoms with van der Waals surface area (Å²) >= 11 is 0. The van der Waals surface area contributed by atoms with E-state index in [-0.39, 0.29) is 18.4 Å². The summed E-state index contributed by atoms with van der Waals surface area (Å²) in [6.07, 6.45) is 2.00. The molecule has 0 radical (unpaired) electrons. The van der Waals surface area contributed by atoms with Gasteiger partial charge in [0.2, 0.25) is 5.91 Å². The topological polar surface area (TPSA) is 88.7 Å². The molecule has 0 atom stereocenters. The molecule has 0 unspecified atom stereocenters. The molecule has 7 nitrogen and oxygen atoms in total. The Morgan fingerprint density at radius 1 is 0.967 bits per heavy atom. The maximum absolute atomic E-state index is 12.2. The molecule has 0 fully saturated rings. The van der Waals surface area contributed by atoms with Gasteiger partial charge in [-0.15, -0.1) is 0 Å². The Hall–Kier alpha value is -3.06. The molecule has 0 saturated heterocycles. The van der Waals surface area contributed by atoms with Crippen LogP contribution in [0, 0.1) is 0 Å². The zero-order valence-corrected chi connectivity index (χ0v) is 17.7. The lowest BCUT2D eigenvalue weighted by atomic mass is 10.2. The molecule has 30 heavy (non-hydrogen) atoms. The zero-order chi connectivity index (χ0) is 21.6. The van der Waals surface area contributed by atoms with Crippen LogP contribution < -0.4 is 20.7 Å². The van der Waals surface area contributed by atoms with Crippen LogP contribution in [0.4, 0.5) is 11.4 Å². The predicted molar refractivity (Wildman–Crippen MR) is 119 cm³/mol. The van der Waals surface area contributed by atoms with Gasteiger partial charge in [-0.25, -0.2) is 0 Å². The lowest BCUT2D eigenvalue weighted by molar-refractivity contribution is -0.114. The van der Waals surface area contributed by atoms with Crippen molar-refractivity contribution in [1.29, 1.82) is 0 Å². The molecule has 0 saturated carbocycles. The predicted octanol–water partition coefficient (Wildman–Crippen LogP) is 3.68. The van der Waals surface area contributed by atoms with Crippen molar-refractivity contribution >= 4 is 23.2 Å². The molecule has 162 valence electrons. The van der Waals surface area contributed by atoms with Crippen molar-refractivity contribution in [3.05, 3.63) is 54.1 Å². The van der Waals surface area contributed by atoms with Gasteiger partial charge in [0.25, 0.3) is 5.91 Å². The summed E-state index contributed by atoms with van der Waals surface area (Å²) in [6, 6.07) is 14.3. The largest absolute Gasteiger partial charge is 0.491 e. The molecule has 0 bridgehead atoms. The van der Waals surface area contributed by atoms with E-state index in [4.69, 9.17) is 9.47 Å². The Labute approximate surface area is 178 Å². The molecule has 0 aliphatic heterocycles. The van der Waals surface area contributed by atoms with Gasteiger partial charge in [0.1, 0.15) is 12.4 Å². The quantitative estimate of drug-likeness (QED) is 0.436. The third-order valence-electron chi connectivity index (χ3n) is 4.23. The van der Waals surface area contributed by atoms with E-state index in [1.807, 2.05) is 19.1 Å². The second-order valence-electron chi connectivity index (χ2n) is 6.66. The molecule has 0 spiro atoms. The first-order valence-electron chi connectivity index (χ1n) is 10.3. The Morgan fingerprint density at radius 2 is 1.77 bits per heavy atom. The van der Waals surface area contributed by atoms with Gasteiger partial charge in [-0.3, -0.25) is 9.59 Å². The van der Waals surface area contributed by atoms with Crippen LogP contribution in [-0.4, -0.2) is 44.7 Å². The fourth-order valence-corrected chi connectivity index (χ4v) is 2.63. The lowest BCUT2D eigenvalue weighted by Gasteiger charge is -2.11. The first-order valence-corrected chi connectivity index (χ1v) is 10.3. The van der Waals surface area contributed by atoms with Crippen molar-refractivity contribution in [2.24, 2.45) is 0 Å². The summed E-state index contributed by atoms with van der Waals surface area (Å²) < 4.78 is 10.8. The standard InChI is InChI=1S/C23H31N3O4/c1-3-5-13-24-23(28)18-9-11-19(12-10-18)25-17-22(27)26-20-7-6-8-21(16-20)30-15-14-29-4-2/h6-12,16,25H,3-5,13-15,17H2,1-2H3,(H,24,28)(H,26,27). The molecule has 0 heterocycles. The number of rotatable bonds is 13. The van der Waals surface area contributed by atoms with Gasteiger partial charge in [-0.1, -0.05) is 19.4 Å². The average Bonchev–Trinajstić information content (AvgIpc) is 2.76. The van der Waals surface area contributed by atoms with Gasteiger partial charge in [0, 0.05) is 36.2 Å². The van der Waals surface area contributed by atoms with Gasteiger partial charge in [-0.2, -0.15) is 0 Å². The molecule has 2 amide bonds. The highest BCUT2D eigenvalue weighted by Crippen LogP contribution is 2.17. The Bertz CT molecular complexity index is 793. The van der Waals surface area contributed by atoms with E-state index in [1.54, 1.807) is 36.4 Å². The Balaban J connectivity index is 1.77. The van der Waals surface area contributed by atoms with Crippen molar-refractivity contribution in [2.45, 2.75) is 26.7 Å². The van der Waals surface area contributed by atoms with Crippen LogP contribution in [0.15, 0.2) is 48.5 Å². The number of carbonyl (C=O) groups is 2. The SMILES string of the molecule is CCCCNC(=O)c1ccc(NCC(=O)Nc2cccc(OCCOCC)c2)cc1. The van der Waals surface area contributed by atoms with E-state index >= 15 is 0 Å². The molecule has 0 aliphatic rings. The van der Waals surface area contributed by atoms with E-state index in [2.05, 4.69) is 22.9 Å². The van der Waals surface area contributed by atoms with Crippen molar-refractivity contribution in [3.8, 4) is 5.75 Å². The summed E-state index contributed by atoms with van der Waals surface area (Å²) in [5, 5.41) is 8.77. The summed E-state index contributed by atoms with van der Waals surface area (Å²) in [5.41, 5.74) is 2.03. The van der Waals surface area contributed by atoms with Crippen LogP contribution in [-0.2, 0) is 9.53 Å². The molecule has 7 heteroatoms. The number of ether oxygens (including phenoxy) is 2. The number of hydrogen-bond acceptors (Lipinski definition) is 5. The van der Waals surface area contributed by atoms with Crippen LogP contribution in [0.5, 0.6) is 5.75 Å². The number of nitrogens with one attached hydrogen (secondary N) is 3. The summed E-state index contributed by atoms with van der Waals surface area (Å²) in [5.74, 6) is 0.409. The number of carbonyl (C=O) groups excluding carboxylic acids is 2.